The van der Waals surface area contributed by atoms with Crippen LogP contribution >= 0.6 is 15.9 Å². The number of hydrogen-bond donors (Lipinski definition) is 1. The number of unbranched alkanes of at least 4 members (excludes halogenated alkanes) is 12. The molecule has 0 saturated carbocycles. The maximum absolute atomic E-state index is 10.7. The summed E-state index contributed by atoms with van der Waals surface area (Å²) in [5.74, 6) is 0. The zero-order valence-corrected chi connectivity index (χ0v) is 20.8. The molecule has 1 N–H and O–H groups in total. The summed E-state index contributed by atoms with van der Waals surface area (Å²) in [6.45, 7) is 7.55. The summed E-state index contributed by atoms with van der Waals surface area (Å²) in [5.41, 5.74) is 1.03. The Morgan fingerprint density at radius 3 is 1.55 bits per heavy atom. The maximum Gasteiger partial charge on any atom is 0.0916 e. The van der Waals surface area contributed by atoms with Crippen molar-refractivity contribution in [3.8, 4) is 0 Å². The van der Waals surface area contributed by atoms with E-state index in [4.69, 9.17) is 0 Å². The average Bonchev–Trinajstić information content (AvgIpc) is 2.72. The van der Waals surface area contributed by atoms with Crippen molar-refractivity contribution >= 4 is 15.9 Å². The van der Waals surface area contributed by atoms with Gasteiger partial charge in [0.1, 0.15) is 0 Å². The van der Waals surface area contributed by atoms with E-state index in [9.17, 15) is 5.11 Å². The van der Waals surface area contributed by atoms with Crippen LogP contribution in [0.15, 0.2) is 28.7 Å². The fraction of sp³-hybridized carbons (Fsp3) is 0.769. The van der Waals surface area contributed by atoms with Crippen molar-refractivity contribution in [1.82, 2.24) is 4.90 Å². The molecule has 0 aliphatic carbocycles. The molecule has 0 heterocycles. The first-order chi connectivity index (χ1) is 14.2. The Morgan fingerprint density at radius 2 is 1.10 bits per heavy atom. The zero-order valence-electron chi connectivity index (χ0n) is 19.2. The predicted octanol–water partition coefficient (Wildman–Crippen LogP) is 8.29. The second kappa shape index (κ2) is 18.4. The van der Waals surface area contributed by atoms with Crippen LogP contribution in [0, 0.1) is 0 Å². The number of rotatable bonds is 19. The summed E-state index contributed by atoms with van der Waals surface area (Å²) >= 11 is 3.48. The minimum absolute atomic E-state index is 0.391. The number of halogens is 1. The number of nitrogens with zero attached hydrogens (tertiary/aromatic N) is 1. The van der Waals surface area contributed by atoms with Gasteiger partial charge < -0.3 is 10.0 Å². The average molecular weight is 469 g/mol. The lowest BCUT2D eigenvalue weighted by Crippen LogP contribution is -2.31. The van der Waals surface area contributed by atoms with E-state index >= 15 is 0 Å². The van der Waals surface area contributed by atoms with Gasteiger partial charge >= 0.3 is 0 Å². The summed E-state index contributed by atoms with van der Waals surface area (Å²) < 4.78 is 1.07. The molecule has 0 bridgehead atoms. The molecule has 1 aromatic rings. The number of aliphatic hydroxyl groups is 1. The SMILES string of the molecule is CCCCCCCCCN(CCCCCCCCC)CC(O)c1ccc(Br)cc1. The molecule has 0 spiro atoms. The van der Waals surface area contributed by atoms with E-state index in [1.807, 2.05) is 24.3 Å². The van der Waals surface area contributed by atoms with E-state index in [0.29, 0.717) is 0 Å². The lowest BCUT2D eigenvalue weighted by Gasteiger charge is -2.25. The monoisotopic (exact) mass is 467 g/mol. The number of hydrogen-bond acceptors (Lipinski definition) is 2. The van der Waals surface area contributed by atoms with Crippen LogP contribution < -0.4 is 0 Å². The Balaban J connectivity index is 2.35. The van der Waals surface area contributed by atoms with Gasteiger partial charge in [-0.1, -0.05) is 119 Å². The lowest BCUT2D eigenvalue weighted by molar-refractivity contribution is 0.110. The highest BCUT2D eigenvalue weighted by Crippen LogP contribution is 2.19. The fourth-order valence-corrected chi connectivity index (χ4v) is 4.18. The number of aliphatic hydroxyl groups excluding tert-OH is 1. The minimum atomic E-state index is -0.391. The Bertz CT molecular complexity index is 458. The van der Waals surface area contributed by atoms with Crippen LogP contribution in [-0.4, -0.2) is 29.6 Å². The molecule has 0 radical (unpaired) electrons. The molecule has 1 atom stereocenters. The standard InChI is InChI=1S/C26H46BrNO/c1-3-5-7-9-11-13-15-21-28(22-16-14-12-10-8-6-4-2)23-26(29)24-17-19-25(27)20-18-24/h17-20,26,29H,3-16,21-23H2,1-2H3. The normalized spacial score (nSPS) is 12.6. The van der Waals surface area contributed by atoms with Gasteiger partial charge in [0.25, 0.3) is 0 Å². The topological polar surface area (TPSA) is 23.5 Å². The van der Waals surface area contributed by atoms with Crippen LogP contribution in [-0.2, 0) is 0 Å². The quantitative estimate of drug-likeness (QED) is 0.207. The molecule has 0 amide bonds. The van der Waals surface area contributed by atoms with Crippen LogP contribution in [0.25, 0.3) is 0 Å². The Labute approximate surface area is 189 Å². The molecular weight excluding hydrogens is 422 g/mol. The van der Waals surface area contributed by atoms with Gasteiger partial charge in [0, 0.05) is 11.0 Å². The molecule has 29 heavy (non-hydrogen) atoms. The van der Waals surface area contributed by atoms with Gasteiger partial charge in [-0.15, -0.1) is 0 Å². The second-order valence-electron chi connectivity index (χ2n) is 8.61. The van der Waals surface area contributed by atoms with E-state index in [1.165, 1.54) is 89.9 Å². The summed E-state index contributed by atoms with van der Waals surface area (Å²) in [7, 11) is 0. The van der Waals surface area contributed by atoms with Crippen molar-refractivity contribution in [2.45, 2.75) is 110 Å². The fourth-order valence-electron chi connectivity index (χ4n) is 3.91. The zero-order chi connectivity index (χ0) is 21.2. The van der Waals surface area contributed by atoms with Crippen molar-refractivity contribution in [2.75, 3.05) is 19.6 Å². The van der Waals surface area contributed by atoms with Crippen molar-refractivity contribution in [3.05, 3.63) is 34.3 Å². The van der Waals surface area contributed by atoms with Gasteiger partial charge in [-0.2, -0.15) is 0 Å². The van der Waals surface area contributed by atoms with Gasteiger partial charge in [-0.05, 0) is 43.6 Å². The van der Waals surface area contributed by atoms with E-state index in [1.54, 1.807) is 0 Å². The van der Waals surface area contributed by atoms with Crippen LogP contribution in [0.2, 0.25) is 0 Å². The van der Waals surface area contributed by atoms with E-state index < -0.39 is 6.10 Å². The summed E-state index contributed by atoms with van der Waals surface area (Å²) in [6, 6.07) is 8.12. The van der Waals surface area contributed by atoms with Crippen molar-refractivity contribution in [1.29, 1.82) is 0 Å². The Morgan fingerprint density at radius 1 is 0.690 bits per heavy atom. The van der Waals surface area contributed by atoms with Crippen molar-refractivity contribution in [3.63, 3.8) is 0 Å². The van der Waals surface area contributed by atoms with Gasteiger partial charge in [-0.25, -0.2) is 0 Å². The summed E-state index contributed by atoms with van der Waals surface area (Å²) in [6.07, 6.45) is 18.4. The highest BCUT2D eigenvalue weighted by molar-refractivity contribution is 9.10. The largest absolute Gasteiger partial charge is 0.387 e. The van der Waals surface area contributed by atoms with Gasteiger partial charge in [0.2, 0.25) is 0 Å². The predicted molar refractivity (Wildman–Crippen MR) is 132 cm³/mol. The Kier molecular flexibility index (Phi) is 16.9. The van der Waals surface area contributed by atoms with Gasteiger partial charge in [0.15, 0.2) is 0 Å². The molecule has 0 fully saturated rings. The van der Waals surface area contributed by atoms with Gasteiger partial charge in [-0.3, -0.25) is 0 Å². The molecule has 1 aromatic carbocycles. The van der Waals surface area contributed by atoms with E-state index in [-0.39, 0.29) is 0 Å². The molecule has 0 aliphatic heterocycles. The molecule has 1 unspecified atom stereocenters. The lowest BCUT2D eigenvalue weighted by atomic mass is 10.1. The van der Waals surface area contributed by atoms with Gasteiger partial charge in [0.05, 0.1) is 6.10 Å². The first-order valence-corrected chi connectivity index (χ1v) is 13.1. The molecule has 168 valence electrons. The highest BCUT2D eigenvalue weighted by Gasteiger charge is 2.13. The molecule has 1 rings (SSSR count). The smallest absolute Gasteiger partial charge is 0.0916 e. The molecule has 0 saturated heterocycles. The molecule has 0 aliphatic rings. The summed E-state index contributed by atoms with van der Waals surface area (Å²) in [5, 5.41) is 10.7. The third kappa shape index (κ3) is 14.3. The van der Waals surface area contributed by atoms with E-state index in [0.717, 1.165) is 29.7 Å². The van der Waals surface area contributed by atoms with Crippen molar-refractivity contribution < 1.29 is 5.11 Å². The molecular formula is C26H46BrNO. The first-order valence-electron chi connectivity index (χ1n) is 12.3. The van der Waals surface area contributed by atoms with Crippen LogP contribution in [0.1, 0.15) is 115 Å². The Hall–Kier alpha value is -0.380. The van der Waals surface area contributed by atoms with Crippen LogP contribution in [0.3, 0.4) is 0 Å². The third-order valence-corrected chi connectivity index (χ3v) is 6.37. The summed E-state index contributed by atoms with van der Waals surface area (Å²) in [4.78, 5) is 2.50. The number of benzene rings is 1. The van der Waals surface area contributed by atoms with Crippen LogP contribution in [0.4, 0.5) is 0 Å². The second-order valence-corrected chi connectivity index (χ2v) is 9.53. The third-order valence-electron chi connectivity index (χ3n) is 5.84. The first kappa shape index (κ1) is 26.7. The molecule has 0 aromatic heterocycles. The molecule has 3 heteroatoms. The van der Waals surface area contributed by atoms with Crippen molar-refractivity contribution in [2.24, 2.45) is 0 Å². The minimum Gasteiger partial charge on any atom is -0.387 e. The van der Waals surface area contributed by atoms with E-state index in [2.05, 4.69) is 34.7 Å². The highest BCUT2D eigenvalue weighted by atomic mass is 79.9. The maximum atomic E-state index is 10.7. The molecule has 2 nitrogen and oxygen atoms in total. The van der Waals surface area contributed by atoms with Crippen LogP contribution in [0.5, 0.6) is 0 Å².